The number of primary amides is 1. The summed E-state index contributed by atoms with van der Waals surface area (Å²) in [6.07, 6.45) is -0.413. The molecule has 0 bridgehead atoms. The van der Waals surface area contributed by atoms with Crippen molar-refractivity contribution in [2.24, 2.45) is 11.7 Å². The zero-order valence-corrected chi connectivity index (χ0v) is 10.7. The van der Waals surface area contributed by atoms with Crippen LogP contribution in [0.4, 0.5) is 19.1 Å². The molecule has 1 aromatic heterocycles. The van der Waals surface area contributed by atoms with Crippen molar-refractivity contribution in [3.05, 3.63) is 18.0 Å². The van der Waals surface area contributed by atoms with Gasteiger partial charge in [-0.3, -0.25) is 4.79 Å². The molecule has 1 saturated carbocycles. The maximum atomic E-state index is 12.6. The number of hydrogen-bond donors (Lipinski definition) is 2. The second-order valence-corrected chi connectivity index (χ2v) is 4.81. The van der Waals surface area contributed by atoms with Gasteiger partial charge in [0.05, 0.1) is 5.92 Å². The molecule has 0 saturated heterocycles. The van der Waals surface area contributed by atoms with Crippen LogP contribution >= 0.6 is 0 Å². The van der Waals surface area contributed by atoms with E-state index in [2.05, 4.69) is 15.3 Å². The Kier molecular flexibility index (Phi) is 4.10. The van der Waals surface area contributed by atoms with E-state index in [-0.39, 0.29) is 12.0 Å². The third kappa shape index (κ3) is 3.37. The molecule has 20 heavy (non-hydrogen) atoms. The van der Waals surface area contributed by atoms with Crippen molar-refractivity contribution in [3.63, 3.8) is 0 Å². The lowest BCUT2D eigenvalue weighted by Gasteiger charge is -2.29. The van der Waals surface area contributed by atoms with Crippen LogP contribution in [0, 0.1) is 5.92 Å². The smallest absolute Gasteiger partial charge is 0.369 e. The lowest BCUT2D eigenvalue weighted by molar-refractivity contribution is -0.141. The van der Waals surface area contributed by atoms with Crippen molar-refractivity contribution < 1.29 is 18.0 Å². The molecule has 1 fully saturated rings. The topological polar surface area (TPSA) is 80.9 Å². The minimum atomic E-state index is -4.52. The fraction of sp³-hybridized carbons (Fsp3) is 0.583. The molecule has 8 heteroatoms. The Morgan fingerprint density at radius 1 is 1.35 bits per heavy atom. The fourth-order valence-corrected chi connectivity index (χ4v) is 2.40. The predicted octanol–water partition coefficient (Wildman–Crippen LogP) is 1.95. The highest BCUT2D eigenvalue weighted by Crippen LogP contribution is 2.29. The van der Waals surface area contributed by atoms with Gasteiger partial charge in [0.1, 0.15) is 5.69 Å². The Hall–Kier alpha value is -1.86. The zero-order chi connectivity index (χ0) is 14.8. The van der Waals surface area contributed by atoms with Gasteiger partial charge in [0.15, 0.2) is 0 Å². The van der Waals surface area contributed by atoms with Gasteiger partial charge in [-0.1, -0.05) is 12.8 Å². The van der Waals surface area contributed by atoms with Gasteiger partial charge in [-0.2, -0.15) is 13.2 Å². The number of carbonyl (C=O) groups is 1. The summed E-state index contributed by atoms with van der Waals surface area (Å²) in [5.74, 6) is -0.978. The summed E-state index contributed by atoms with van der Waals surface area (Å²) < 4.78 is 37.7. The van der Waals surface area contributed by atoms with Crippen LogP contribution in [0.3, 0.4) is 0 Å². The van der Waals surface area contributed by atoms with E-state index in [1.165, 1.54) is 0 Å². The fourth-order valence-electron chi connectivity index (χ4n) is 2.40. The second-order valence-electron chi connectivity index (χ2n) is 4.81. The molecular weight excluding hydrogens is 273 g/mol. The molecular formula is C12H15F3N4O. The number of amides is 1. The van der Waals surface area contributed by atoms with Gasteiger partial charge in [-0.25, -0.2) is 9.97 Å². The SMILES string of the molecule is NC(=O)[C@H]1CCCC[C@@H]1Nc1nccc(C(F)(F)F)n1. The average molecular weight is 288 g/mol. The predicted molar refractivity (Wildman–Crippen MR) is 65.6 cm³/mol. The molecule has 1 aliphatic carbocycles. The van der Waals surface area contributed by atoms with E-state index in [4.69, 9.17) is 5.73 Å². The maximum Gasteiger partial charge on any atom is 0.433 e. The van der Waals surface area contributed by atoms with Crippen molar-refractivity contribution >= 4 is 11.9 Å². The van der Waals surface area contributed by atoms with Crippen molar-refractivity contribution in [2.45, 2.75) is 37.9 Å². The number of carbonyl (C=O) groups excluding carboxylic acids is 1. The number of aromatic nitrogens is 2. The summed E-state index contributed by atoms with van der Waals surface area (Å²) in [5.41, 5.74) is 4.30. The quantitative estimate of drug-likeness (QED) is 0.890. The summed E-state index contributed by atoms with van der Waals surface area (Å²) in [6, 6.07) is 0.488. The zero-order valence-electron chi connectivity index (χ0n) is 10.7. The van der Waals surface area contributed by atoms with Gasteiger partial charge < -0.3 is 11.1 Å². The normalized spacial score (nSPS) is 23.4. The van der Waals surface area contributed by atoms with E-state index in [1.54, 1.807) is 0 Å². The second kappa shape index (κ2) is 5.64. The van der Waals surface area contributed by atoms with Gasteiger partial charge in [-0.05, 0) is 18.9 Å². The van der Waals surface area contributed by atoms with Crippen molar-refractivity contribution in [2.75, 3.05) is 5.32 Å². The third-order valence-corrected chi connectivity index (χ3v) is 3.39. The standard InChI is InChI=1S/C12H15F3N4O/c13-12(14,15)9-5-6-17-11(19-9)18-8-4-2-1-3-7(8)10(16)20/h5-8H,1-4H2,(H2,16,20)(H,17,18,19)/t7-,8-/m0/s1. The molecule has 0 spiro atoms. The number of hydrogen-bond acceptors (Lipinski definition) is 4. The number of nitrogens with zero attached hydrogens (tertiary/aromatic N) is 2. The first-order valence-corrected chi connectivity index (χ1v) is 6.34. The number of nitrogens with one attached hydrogen (secondary N) is 1. The maximum absolute atomic E-state index is 12.6. The summed E-state index contributed by atoms with van der Waals surface area (Å²) in [6.45, 7) is 0. The van der Waals surface area contributed by atoms with Gasteiger partial charge in [0.2, 0.25) is 11.9 Å². The van der Waals surface area contributed by atoms with E-state index in [1.807, 2.05) is 0 Å². The Balaban J connectivity index is 2.14. The first kappa shape index (κ1) is 14.5. The summed E-state index contributed by atoms with van der Waals surface area (Å²) in [5, 5.41) is 2.80. The number of alkyl halides is 3. The van der Waals surface area contributed by atoms with E-state index < -0.39 is 23.7 Å². The molecule has 1 aromatic rings. The average Bonchev–Trinajstić information content (AvgIpc) is 2.38. The molecule has 110 valence electrons. The molecule has 1 heterocycles. The van der Waals surface area contributed by atoms with Crippen LogP contribution < -0.4 is 11.1 Å². The molecule has 1 aliphatic rings. The highest BCUT2D eigenvalue weighted by molar-refractivity contribution is 5.78. The highest BCUT2D eigenvalue weighted by Gasteiger charge is 2.34. The van der Waals surface area contributed by atoms with Crippen molar-refractivity contribution in [3.8, 4) is 0 Å². The first-order chi connectivity index (χ1) is 9.38. The van der Waals surface area contributed by atoms with Crippen LogP contribution in [0.15, 0.2) is 12.3 Å². The highest BCUT2D eigenvalue weighted by atomic mass is 19.4. The minimum Gasteiger partial charge on any atom is -0.369 e. The largest absolute Gasteiger partial charge is 0.433 e. The van der Waals surface area contributed by atoms with Crippen molar-refractivity contribution in [1.29, 1.82) is 0 Å². The molecule has 0 aromatic carbocycles. The van der Waals surface area contributed by atoms with E-state index in [0.29, 0.717) is 12.8 Å². The van der Waals surface area contributed by atoms with Gasteiger partial charge in [0, 0.05) is 12.2 Å². The number of nitrogens with two attached hydrogens (primary N) is 1. The molecule has 2 rings (SSSR count). The van der Waals surface area contributed by atoms with Gasteiger partial charge >= 0.3 is 6.18 Å². The van der Waals surface area contributed by atoms with Crippen LogP contribution in [0.25, 0.3) is 0 Å². The molecule has 0 aliphatic heterocycles. The van der Waals surface area contributed by atoms with E-state index in [0.717, 1.165) is 25.1 Å². The molecule has 2 atom stereocenters. The van der Waals surface area contributed by atoms with E-state index in [9.17, 15) is 18.0 Å². The lowest BCUT2D eigenvalue weighted by atomic mass is 9.84. The molecule has 0 unspecified atom stereocenters. The van der Waals surface area contributed by atoms with Crippen LogP contribution in [-0.2, 0) is 11.0 Å². The Morgan fingerprint density at radius 2 is 2.05 bits per heavy atom. The Labute approximate surface area is 113 Å². The molecule has 3 N–H and O–H groups in total. The number of rotatable bonds is 3. The van der Waals surface area contributed by atoms with E-state index >= 15 is 0 Å². The minimum absolute atomic E-state index is 0.127. The molecule has 5 nitrogen and oxygen atoms in total. The van der Waals surface area contributed by atoms with Crippen LogP contribution in [0.1, 0.15) is 31.4 Å². The van der Waals surface area contributed by atoms with Crippen molar-refractivity contribution in [1.82, 2.24) is 9.97 Å². The van der Waals surface area contributed by atoms with Crippen LogP contribution in [-0.4, -0.2) is 21.9 Å². The van der Waals surface area contributed by atoms with Crippen LogP contribution in [0.5, 0.6) is 0 Å². The van der Waals surface area contributed by atoms with Gasteiger partial charge in [0.25, 0.3) is 0 Å². The Bertz CT molecular complexity index is 492. The molecule has 1 amide bonds. The lowest BCUT2D eigenvalue weighted by Crippen LogP contribution is -2.41. The summed E-state index contributed by atoms with van der Waals surface area (Å²) in [4.78, 5) is 18.5. The summed E-state index contributed by atoms with van der Waals surface area (Å²) >= 11 is 0. The number of anilines is 1. The Morgan fingerprint density at radius 3 is 2.70 bits per heavy atom. The third-order valence-electron chi connectivity index (χ3n) is 3.39. The van der Waals surface area contributed by atoms with Gasteiger partial charge in [-0.15, -0.1) is 0 Å². The first-order valence-electron chi connectivity index (χ1n) is 6.34. The summed E-state index contributed by atoms with van der Waals surface area (Å²) in [7, 11) is 0. The van der Waals surface area contributed by atoms with Crippen LogP contribution in [0.2, 0.25) is 0 Å². The monoisotopic (exact) mass is 288 g/mol. The number of halogens is 3. The molecule has 0 radical (unpaired) electrons.